The van der Waals surface area contributed by atoms with E-state index < -0.39 is 0 Å². The monoisotopic (exact) mass is 70.1 g/mol. The van der Waals surface area contributed by atoms with Crippen molar-refractivity contribution in [2.45, 2.75) is 6.42 Å². The average Bonchev–Trinajstić information content (AvgIpc) is 1.41. The summed E-state index contributed by atoms with van der Waals surface area (Å²) >= 11 is 0. The first kappa shape index (κ1) is 4.34. The molecule has 2 nitrogen and oxygen atoms in total. The van der Waals surface area contributed by atoms with Crippen LogP contribution in [0.25, 0.3) is 0 Å². The van der Waals surface area contributed by atoms with Gasteiger partial charge in [-0.2, -0.15) is 0 Å². The normalized spacial score (nSPS) is 6.40. The summed E-state index contributed by atoms with van der Waals surface area (Å²) in [6.45, 7) is 0. The second-order valence-electron chi connectivity index (χ2n) is 0.644. The van der Waals surface area contributed by atoms with Crippen molar-refractivity contribution < 1.29 is 0 Å². The molecule has 0 radical (unpaired) electrons. The maximum absolute atomic E-state index is 6.33. The van der Waals surface area contributed by atoms with Gasteiger partial charge in [-0.15, -0.1) is 0 Å². The van der Waals surface area contributed by atoms with Gasteiger partial charge in [0.15, 0.2) is 0 Å². The first-order valence-corrected chi connectivity index (χ1v) is 1.39. The highest BCUT2D eigenvalue weighted by Crippen LogP contribution is 1.52. The summed E-state index contributed by atoms with van der Waals surface area (Å²) in [5.41, 5.74) is 0. The van der Waals surface area contributed by atoms with Crippen LogP contribution in [0.15, 0.2) is 0 Å². The summed E-state index contributed by atoms with van der Waals surface area (Å²) in [5.74, 6) is 0. The lowest BCUT2D eigenvalue weighted by Gasteiger charge is -1.61. The zero-order valence-corrected chi connectivity index (χ0v) is 2.86. The maximum Gasteiger partial charge on any atom is 0.0169 e. The van der Waals surface area contributed by atoms with Crippen LogP contribution in [0.2, 0.25) is 0 Å². The lowest BCUT2D eigenvalue weighted by Crippen LogP contribution is -1.67. The summed E-state index contributed by atoms with van der Waals surface area (Å²) < 4.78 is 0. The molecule has 0 aliphatic carbocycles. The molecule has 0 aromatic rings. The van der Waals surface area contributed by atoms with E-state index in [1.165, 1.54) is 12.4 Å². The summed E-state index contributed by atoms with van der Waals surface area (Å²) in [7, 11) is 0. The van der Waals surface area contributed by atoms with Gasteiger partial charge in [-0.05, 0) is 0 Å². The van der Waals surface area contributed by atoms with Gasteiger partial charge in [-0.25, -0.2) is 0 Å². The van der Waals surface area contributed by atoms with Crippen molar-refractivity contribution in [2.75, 3.05) is 0 Å². The van der Waals surface area contributed by atoms with Crippen molar-refractivity contribution in [1.29, 1.82) is 10.8 Å². The molecule has 0 aromatic heterocycles. The van der Waals surface area contributed by atoms with E-state index in [-0.39, 0.29) is 0 Å². The highest BCUT2D eigenvalue weighted by atomic mass is 14.3. The standard InChI is InChI=1S/C3H6N2/c4-2-1-3-5/h2-5H,1H2. The average molecular weight is 70.1 g/mol. The Kier molecular flexibility index (Phi) is 2.90. The minimum absolute atomic E-state index is 0.472. The molecule has 0 heterocycles. The fraction of sp³-hybridized carbons (Fsp3) is 0.333. The predicted molar refractivity (Wildman–Crippen MR) is 22.2 cm³/mol. The van der Waals surface area contributed by atoms with Gasteiger partial charge in [-0.3, -0.25) is 0 Å². The Balaban J connectivity index is 2.65. The Hall–Kier alpha value is -0.660. The van der Waals surface area contributed by atoms with E-state index in [1.807, 2.05) is 0 Å². The molecule has 0 rings (SSSR count). The second kappa shape index (κ2) is 3.34. The molecule has 0 aromatic carbocycles. The molecule has 0 saturated heterocycles. The fourth-order valence-corrected chi connectivity index (χ4v) is 0.0589. The van der Waals surface area contributed by atoms with Crippen LogP contribution in [0.5, 0.6) is 0 Å². The molecule has 0 aliphatic rings. The molecule has 0 aliphatic heterocycles. The third-order valence-corrected chi connectivity index (χ3v) is 0.236. The largest absolute Gasteiger partial charge is 0.313 e. The molecule has 2 N–H and O–H groups in total. The summed E-state index contributed by atoms with van der Waals surface area (Å²) in [6, 6.07) is 0. The molecule has 0 spiro atoms. The van der Waals surface area contributed by atoms with E-state index in [2.05, 4.69) is 0 Å². The Morgan fingerprint density at radius 1 is 1.20 bits per heavy atom. The predicted octanol–water partition coefficient (Wildman–Crippen LogP) is 0.676. The van der Waals surface area contributed by atoms with Crippen LogP contribution in [0.4, 0.5) is 0 Å². The summed E-state index contributed by atoms with van der Waals surface area (Å²) in [5, 5.41) is 12.7. The van der Waals surface area contributed by atoms with Crippen molar-refractivity contribution >= 4 is 12.4 Å². The van der Waals surface area contributed by atoms with E-state index >= 15 is 0 Å². The Morgan fingerprint density at radius 2 is 1.60 bits per heavy atom. The minimum atomic E-state index is 0.472. The summed E-state index contributed by atoms with van der Waals surface area (Å²) in [6.07, 6.45) is 2.85. The van der Waals surface area contributed by atoms with Crippen LogP contribution in [-0.4, -0.2) is 12.4 Å². The van der Waals surface area contributed by atoms with Crippen LogP contribution in [0.3, 0.4) is 0 Å². The van der Waals surface area contributed by atoms with Crippen LogP contribution in [0, 0.1) is 10.8 Å². The quantitative estimate of drug-likeness (QED) is 0.449. The zero-order valence-electron chi connectivity index (χ0n) is 2.86. The number of hydrogen-bond acceptors (Lipinski definition) is 2. The van der Waals surface area contributed by atoms with E-state index in [0.29, 0.717) is 6.42 Å². The van der Waals surface area contributed by atoms with Gasteiger partial charge in [0.05, 0.1) is 0 Å². The molecular formula is C3H6N2. The van der Waals surface area contributed by atoms with Gasteiger partial charge >= 0.3 is 0 Å². The van der Waals surface area contributed by atoms with Crippen LogP contribution in [0.1, 0.15) is 6.42 Å². The van der Waals surface area contributed by atoms with Crippen LogP contribution in [-0.2, 0) is 0 Å². The molecule has 0 atom stereocenters. The van der Waals surface area contributed by atoms with Gasteiger partial charge in [-0.1, -0.05) is 0 Å². The molecule has 0 saturated carbocycles. The van der Waals surface area contributed by atoms with Crippen LogP contribution < -0.4 is 0 Å². The van der Waals surface area contributed by atoms with Gasteiger partial charge in [0.2, 0.25) is 0 Å². The maximum atomic E-state index is 6.33. The number of hydrogen-bond donors (Lipinski definition) is 2. The fourth-order valence-electron chi connectivity index (χ4n) is 0.0589. The third-order valence-electron chi connectivity index (χ3n) is 0.236. The number of rotatable bonds is 2. The van der Waals surface area contributed by atoms with Crippen molar-refractivity contribution in [3.05, 3.63) is 0 Å². The molecular weight excluding hydrogens is 64.0 g/mol. The van der Waals surface area contributed by atoms with Gasteiger partial charge in [0.25, 0.3) is 0 Å². The first-order chi connectivity index (χ1) is 2.41. The van der Waals surface area contributed by atoms with Gasteiger partial charge < -0.3 is 10.8 Å². The Morgan fingerprint density at radius 3 is 1.60 bits per heavy atom. The lowest BCUT2D eigenvalue weighted by molar-refractivity contribution is 1.45. The summed E-state index contributed by atoms with van der Waals surface area (Å²) in [4.78, 5) is 0. The highest BCUT2D eigenvalue weighted by molar-refractivity contribution is 5.75. The molecule has 5 heavy (non-hydrogen) atoms. The Bertz CT molecular complexity index is 34.2. The van der Waals surface area contributed by atoms with E-state index in [0.717, 1.165) is 0 Å². The molecule has 0 bridgehead atoms. The van der Waals surface area contributed by atoms with Crippen molar-refractivity contribution in [3.63, 3.8) is 0 Å². The van der Waals surface area contributed by atoms with Crippen molar-refractivity contribution in [1.82, 2.24) is 0 Å². The van der Waals surface area contributed by atoms with E-state index in [9.17, 15) is 0 Å². The second-order valence-corrected chi connectivity index (χ2v) is 0.644. The smallest absolute Gasteiger partial charge is 0.0169 e. The van der Waals surface area contributed by atoms with Crippen molar-refractivity contribution in [2.24, 2.45) is 0 Å². The molecule has 2 heteroatoms. The molecule has 28 valence electrons. The highest BCUT2D eigenvalue weighted by Gasteiger charge is 1.56. The topological polar surface area (TPSA) is 47.7 Å². The van der Waals surface area contributed by atoms with Gasteiger partial charge in [0, 0.05) is 18.9 Å². The zero-order chi connectivity index (χ0) is 4.12. The first-order valence-electron chi connectivity index (χ1n) is 1.39. The molecule has 0 unspecified atom stereocenters. The van der Waals surface area contributed by atoms with Crippen LogP contribution >= 0.6 is 0 Å². The van der Waals surface area contributed by atoms with E-state index in [1.54, 1.807) is 0 Å². The SMILES string of the molecule is N=CCC=N. The third kappa shape index (κ3) is 3.34. The molecule has 0 amide bonds. The van der Waals surface area contributed by atoms with E-state index in [4.69, 9.17) is 10.8 Å². The Labute approximate surface area is 30.8 Å². The van der Waals surface area contributed by atoms with Crippen molar-refractivity contribution in [3.8, 4) is 0 Å². The van der Waals surface area contributed by atoms with Gasteiger partial charge in [0.1, 0.15) is 0 Å². The number of nitrogens with one attached hydrogen (secondary N) is 2. The minimum Gasteiger partial charge on any atom is -0.313 e. The lowest BCUT2D eigenvalue weighted by atomic mass is 10.5. The molecule has 0 fully saturated rings.